The van der Waals surface area contributed by atoms with E-state index in [9.17, 15) is 13.6 Å². The summed E-state index contributed by atoms with van der Waals surface area (Å²) < 4.78 is 26.6. The molecule has 31 heavy (non-hydrogen) atoms. The van der Waals surface area contributed by atoms with Crippen LogP contribution in [0.2, 0.25) is 0 Å². The fraction of sp³-hybridized carbons (Fsp3) is 0.630. The van der Waals surface area contributed by atoms with Crippen molar-refractivity contribution in [1.29, 1.82) is 0 Å². The van der Waals surface area contributed by atoms with E-state index in [1.165, 1.54) is 17.3 Å². The minimum atomic E-state index is -2.49. The molecule has 4 aliphatic carbocycles. The van der Waals surface area contributed by atoms with Crippen LogP contribution in [0.15, 0.2) is 36.2 Å². The summed E-state index contributed by atoms with van der Waals surface area (Å²) in [6.45, 7) is 7.04. The van der Waals surface area contributed by atoms with Gasteiger partial charge in [-0.05, 0) is 96.3 Å². The van der Waals surface area contributed by atoms with Crippen molar-refractivity contribution in [3.05, 3.63) is 47.3 Å². The molecule has 0 aromatic carbocycles. The zero-order valence-corrected chi connectivity index (χ0v) is 18.8. The Morgan fingerprint density at radius 1 is 1.16 bits per heavy atom. The number of ketones is 1. The Balaban J connectivity index is 1.49. The largest absolute Gasteiger partial charge is 0.295 e. The molecule has 1 aromatic heterocycles. The van der Waals surface area contributed by atoms with Gasteiger partial charge in [-0.2, -0.15) is 0 Å². The summed E-state index contributed by atoms with van der Waals surface area (Å²) in [5.74, 6) is 2.58. The fourth-order valence-electron chi connectivity index (χ4n) is 7.91. The van der Waals surface area contributed by atoms with E-state index in [0.717, 1.165) is 44.1 Å². The van der Waals surface area contributed by atoms with Crippen LogP contribution >= 0.6 is 0 Å². The van der Waals surface area contributed by atoms with Gasteiger partial charge in [-0.15, -0.1) is 0 Å². The predicted molar refractivity (Wildman–Crippen MR) is 118 cm³/mol. The maximum atomic E-state index is 13.3. The number of hydrogen-bond donors (Lipinski definition) is 0. The van der Waals surface area contributed by atoms with E-state index in [1.807, 2.05) is 6.08 Å². The van der Waals surface area contributed by atoms with E-state index in [-0.39, 0.29) is 16.4 Å². The van der Waals surface area contributed by atoms with Crippen LogP contribution in [-0.4, -0.2) is 10.8 Å². The van der Waals surface area contributed by atoms with E-state index >= 15 is 0 Å². The second-order valence-corrected chi connectivity index (χ2v) is 10.8. The lowest BCUT2D eigenvalue weighted by molar-refractivity contribution is -0.117. The molecule has 2 fully saturated rings. The first kappa shape index (κ1) is 21.0. The first-order valence-electron chi connectivity index (χ1n) is 12.0. The number of aromatic nitrogens is 1. The Morgan fingerprint density at radius 3 is 2.71 bits per heavy atom. The molecule has 0 bridgehead atoms. The lowest BCUT2D eigenvalue weighted by Crippen LogP contribution is -2.52. The van der Waals surface area contributed by atoms with E-state index < -0.39 is 6.43 Å². The van der Waals surface area contributed by atoms with Crippen molar-refractivity contribution in [3.8, 4) is 0 Å². The van der Waals surface area contributed by atoms with Crippen molar-refractivity contribution in [2.75, 3.05) is 0 Å². The average Bonchev–Trinajstić information content (AvgIpc) is 3.11. The number of hydrogen-bond acceptors (Lipinski definition) is 2. The maximum absolute atomic E-state index is 13.3. The normalized spacial score (nSPS) is 39.5. The molecule has 4 heteroatoms. The first-order valence-corrected chi connectivity index (χ1v) is 12.0. The van der Waals surface area contributed by atoms with Crippen LogP contribution < -0.4 is 0 Å². The van der Waals surface area contributed by atoms with Crippen LogP contribution in [0, 0.1) is 34.5 Å². The van der Waals surface area contributed by atoms with Crippen LogP contribution in [0.3, 0.4) is 0 Å². The summed E-state index contributed by atoms with van der Waals surface area (Å²) in [6.07, 6.45) is 12.0. The first-order chi connectivity index (χ1) is 14.8. The molecule has 0 amide bonds. The zero-order chi connectivity index (χ0) is 22.0. The van der Waals surface area contributed by atoms with Gasteiger partial charge < -0.3 is 0 Å². The van der Waals surface area contributed by atoms with Crippen LogP contribution in [0.4, 0.5) is 8.78 Å². The van der Waals surface area contributed by atoms with Crippen molar-refractivity contribution in [2.24, 2.45) is 34.5 Å². The lowest BCUT2D eigenvalue weighted by Gasteiger charge is -2.59. The summed E-state index contributed by atoms with van der Waals surface area (Å²) in [4.78, 5) is 16.4. The standard InChI is InChI=1S/C27H33F2NO/c1-4-16-12-20-22-6-5-21(17-11-18(25(28)29)15-30-14-17)26(22,2)10-8-23(20)27(3)9-7-19(31)13-24(16)27/h5,11,13-16,20,22-23,25H,4,6-10,12H2,1-3H3/t16?,20-,22-,23-,26+,27+/m0/s1. The molecule has 4 aliphatic rings. The number of carbonyl (C=O) groups excluding carboxylic acids is 1. The molecule has 0 saturated heterocycles. The van der Waals surface area contributed by atoms with Crippen molar-refractivity contribution in [3.63, 3.8) is 0 Å². The Morgan fingerprint density at radius 2 is 1.97 bits per heavy atom. The number of carbonyl (C=O) groups is 1. The molecule has 1 unspecified atom stereocenters. The summed E-state index contributed by atoms with van der Waals surface area (Å²) >= 11 is 0. The summed E-state index contributed by atoms with van der Waals surface area (Å²) in [6, 6.07) is 1.65. The minimum Gasteiger partial charge on any atom is -0.295 e. The van der Waals surface area contributed by atoms with Gasteiger partial charge >= 0.3 is 0 Å². The van der Waals surface area contributed by atoms with E-state index in [1.54, 1.807) is 12.3 Å². The quantitative estimate of drug-likeness (QED) is 0.513. The molecule has 6 atom stereocenters. The number of halogens is 2. The van der Waals surface area contributed by atoms with Crippen LogP contribution in [0.25, 0.3) is 5.57 Å². The topological polar surface area (TPSA) is 30.0 Å². The van der Waals surface area contributed by atoms with Crippen molar-refractivity contribution in [2.45, 2.75) is 72.1 Å². The SMILES string of the molecule is CCC1C[C@@H]2[C@H](CC[C@]3(C)C(c4cncc(C(F)F)c4)=CC[C@@H]23)[C@@]2(C)CCC(=O)C=C12. The molecule has 2 saturated carbocycles. The monoisotopic (exact) mass is 425 g/mol. The van der Waals surface area contributed by atoms with Crippen molar-refractivity contribution < 1.29 is 13.6 Å². The second kappa shape index (κ2) is 7.35. The molecule has 0 N–H and O–H groups in total. The maximum Gasteiger partial charge on any atom is 0.265 e. The van der Waals surface area contributed by atoms with E-state index in [0.29, 0.717) is 35.9 Å². The van der Waals surface area contributed by atoms with E-state index in [2.05, 4.69) is 31.8 Å². The van der Waals surface area contributed by atoms with Crippen LogP contribution in [0.1, 0.15) is 83.3 Å². The highest BCUT2D eigenvalue weighted by Crippen LogP contribution is 2.67. The second-order valence-electron chi connectivity index (χ2n) is 10.8. The average molecular weight is 426 g/mol. The minimum absolute atomic E-state index is 0.0111. The molecule has 5 rings (SSSR count). The Bertz CT molecular complexity index is 966. The third kappa shape index (κ3) is 3.08. The molecular weight excluding hydrogens is 392 g/mol. The molecule has 1 heterocycles. The zero-order valence-electron chi connectivity index (χ0n) is 18.8. The Labute approximate surface area is 184 Å². The van der Waals surface area contributed by atoms with Crippen molar-refractivity contribution in [1.82, 2.24) is 4.98 Å². The number of nitrogens with zero attached hydrogens (tertiary/aromatic N) is 1. The third-order valence-electron chi connectivity index (χ3n) is 9.51. The Hall–Kier alpha value is -1.84. The highest BCUT2D eigenvalue weighted by atomic mass is 19.3. The van der Waals surface area contributed by atoms with Crippen LogP contribution in [0.5, 0.6) is 0 Å². The molecule has 0 radical (unpaired) electrons. The molecule has 0 spiro atoms. The Kier molecular flexibility index (Phi) is 4.99. The number of allylic oxidation sites excluding steroid dienone is 4. The number of rotatable bonds is 3. The summed E-state index contributed by atoms with van der Waals surface area (Å²) in [5.41, 5.74) is 3.69. The molecular formula is C27H33F2NO. The highest BCUT2D eigenvalue weighted by Gasteiger charge is 2.58. The molecule has 0 aliphatic heterocycles. The summed E-state index contributed by atoms with van der Waals surface area (Å²) in [7, 11) is 0. The summed E-state index contributed by atoms with van der Waals surface area (Å²) in [5, 5.41) is 0. The van der Waals surface area contributed by atoms with Crippen LogP contribution in [-0.2, 0) is 4.79 Å². The van der Waals surface area contributed by atoms with Gasteiger partial charge in [0.25, 0.3) is 6.43 Å². The van der Waals surface area contributed by atoms with Gasteiger partial charge in [-0.1, -0.05) is 32.4 Å². The molecule has 1 aromatic rings. The van der Waals surface area contributed by atoms with Gasteiger partial charge in [0.15, 0.2) is 5.78 Å². The number of alkyl halides is 2. The van der Waals surface area contributed by atoms with Gasteiger partial charge in [0.1, 0.15) is 0 Å². The van der Waals surface area contributed by atoms with Gasteiger partial charge in [-0.25, -0.2) is 8.78 Å². The predicted octanol–water partition coefficient (Wildman–Crippen LogP) is 7.18. The number of fused-ring (bicyclic) bond motifs is 5. The fourth-order valence-corrected chi connectivity index (χ4v) is 7.91. The highest BCUT2D eigenvalue weighted by molar-refractivity contribution is 5.91. The van der Waals surface area contributed by atoms with Gasteiger partial charge in [0, 0.05) is 24.4 Å². The van der Waals surface area contributed by atoms with Gasteiger partial charge in [0.05, 0.1) is 0 Å². The van der Waals surface area contributed by atoms with E-state index in [4.69, 9.17) is 0 Å². The lowest BCUT2D eigenvalue weighted by atomic mass is 9.45. The van der Waals surface area contributed by atoms with Gasteiger partial charge in [-0.3, -0.25) is 9.78 Å². The van der Waals surface area contributed by atoms with Gasteiger partial charge in [0.2, 0.25) is 0 Å². The third-order valence-corrected chi connectivity index (χ3v) is 9.51. The molecule has 166 valence electrons. The van der Waals surface area contributed by atoms with Crippen molar-refractivity contribution >= 4 is 11.4 Å². The number of pyridine rings is 1. The smallest absolute Gasteiger partial charge is 0.265 e. The molecule has 2 nitrogen and oxygen atoms in total.